The van der Waals surface area contributed by atoms with Crippen LogP contribution in [0.5, 0.6) is 0 Å². The van der Waals surface area contributed by atoms with E-state index < -0.39 is 0 Å². The molecule has 0 heterocycles. The van der Waals surface area contributed by atoms with E-state index in [0.29, 0.717) is 22.0 Å². The van der Waals surface area contributed by atoms with E-state index in [9.17, 15) is 14.4 Å². The van der Waals surface area contributed by atoms with Gasteiger partial charge in [0.25, 0.3) is 0 Å². The Kier molecular flexibility index (Phi) is 8.09. The molecular weight excluding hydrogens is 444 g/mol. The van der Waals surface area contributed by atoms with Crippen LogP contribution in [0, 0.1) is 0 Å². The molecule has 2 N–H and O–H groups in total. The number of nitrogens with one attached hydrogen (secondary N) is 2. The summed E-state index contributed by atoms with van der Waals surface area (Å²) in [5.41, 5.74) is 2.77. The van der Waals surface area contributed by atoms with Gasteiger partial charge in [-0.3, -0.25) is 14.4 Å². The molecule has 5 nitrogen and oxygen atoms in total. The molecule has 0 aliphatic rings. The minimum atomic E-state index is -0.359. The number of hydrogen-bond donors (Lipinski definition) is 2. The van der Waals surface area contributed by atoms with Crippen molar-refractivity contribution in [3.05, 3.63) is 88.9 Å². The number of hydrogen-bond acceptors (Lipinski definition) is 4. The van der Waals surface area contributed by atoms with Gasteiger partial charge >= 0.3 is 0 Å². The fourth-order valence-electron chi connectivity index (χ4n) is 2.93. The summed E-state index contributed by atoms with van der Waals surface area (Å²) in [7, 11) is 0. The molecule has 1 atom stereocenters. The molecule has 7 heteroatoms. The maximum absolute atomic E-state index is 12.5. The number of carbonyl (C=O) groups is 3. The average molecular weight is 467 g/mol. The van der Waals surface area contributed by atoms with Crippen molar-refractivity contribution in [2.24, 2.45) is 0 Å². The van der Waals surface area contributed by atoms with E-state index in [-0.39, 0.29) is 29.3 Å². The lowest BCUT2D eigenvalue weighted by Crippen LogP contribution is -2.22. The van der Waals surface area contributed by atoms with E-state index in [4.69, 9.17) is 11.6 Å². The summed E-state index contributed by atoms with van der Waals surface area (Å²) in [5, 5.41) is 6.02. The van der Waals surface area contributed by atoms with Gasteiger partial charge in [0.1, 0.15) is 0 Å². The van der Waals surface area contributed by atoms with Gasteiger partial charge in [0.05, 0.1) is 11.7 Å². The highest BCUT2D eigenvalue weighted by Gasteiger charge is 2.15. The maximum Gasteiger partial charge on any atom is 0.237 e. The number of thioether (sulfide) groups is 1. The summed E-state index contributed by atoms with van der Waals surface area (Å²) >= 11 is 7.27. The first-order valence-corrected chi connectivity index (χ1v) is 11.3. The van der Waals surface area contributed by atoms with Gasteiger partial charge in [-0.1, -0.05) is 29.8 Å². The summed E-state index contributed by atoms with van der Waals surface area (Å²) in [4.78, 5) is 37.1. The lowest BCUT2D eigenvalue weighted by molar-refractivity contribution is -0.116. The Morgan fingerprint density at radius 3 is 2.25 bits per heavy atom. The van der Waals surface area contributed by atoms with E-state index in [0.717, 1.165) is 10.5 Å². The monoisotopic (exact) mass is 466 g/mol. The molecule has 2 amide bonds. The lowest BCUT2D eigenvalue weighted by atomic mass is 10.1. The second kappa shape index (κ2) is 11.0. The van der Waals surface area contributed by atoms with Crippen LogP contribution >= 0.6 is 23.4 Å². The van der Waals surface area contributed by atoms with Crippen LogP contribution in [0.2, 0.25) is 5.02 Å². The molecule has 32 heavy (non-hydrogen) atoms. The van der Waals surface area contributed by atoms with Gasteiger partial charge in [-0.25, -0.2) is 0 Å². The number of rotatable bonds is 8. The van der Waals surface area contributed by atoms with Gasteiger partial charge in [0, 0.05) is 26.9 Å². The number of anilines is 2. The van der Waals surface area contributed by atoms with Crippen molar-refractivity contribution in [2.75, 3.05) is 10.6 Å². The lowest BCUT2D eigenvalue weighted by Gasteiger charge is -2.13. The van der Waals surface area contributed by atoms with E-state index in [1.54, 1.807) is 36.4 Å². The second-order valence-corrected chi connectivity index (χ2v) is 9.11. The highest BCUT2D eigenvalue weighted by molar-refractivity contribution is 8.00. The van der Waals surface area contributed by atoms with Gasteiger partial charge in [0.2, 0.25) is 11.8 Å². The fraction of sp³-hybridized carbons (Fsp3) is 0.160. The number of carbonyl (C=O) groups excluding carboxylic acids is 3. The third-order valence-corrected chi connectivity index (χ3v) is 5.98. The zero-order chi connectivity index (χ0) is 23.1. The zero-order valence-electron chi connectivity index (χ0n) is 17.7. The molecule has 3 rings (SSSR count). The highest BCUT2D eigenvalue weighted by atomic mass is 35.5. The van der Waals surface area contributed by atoms with Gasteiger partial charge in [-0.2, -0.15) is 0 Å². The van der Waals surface area contributed by atoms with Crippen LogP contribution in [-0.2, 0) is 16.0 Å². The molecule has 0 spiro atoms. The largest absolute Gasteiger partial charge is 0.326 e. The number of amides is 2. The number of ketones is 1. The first-order chi connectivity index (χ1) is 15.3. The van der Waals surface area contributed by atoms with Crippen LogP contribution in [0.4, 0.5) is 11.4 Å². The zero-order valence-corrected chi connectivity index (χ0v) is 19.3. The van der Waals surface area contributed by atoms with Crippen LogP contribution in [0.15, 0.2) is 77.7 Å². The first kappa shape index (κ1) is 23.6. The molecule has 164 valence electrons. The molecule has 1 unspecified atom stereocenters. The number of halogens is 1. The Hall–Kier alpha value is -3.09. The highest BCUT2D eigenvalue weighted by Crippen LogP contribution is 2.27. The predicted molar refractivity (Wildman–Crippen MR) is 131 cm³/mol. The standard InChI is InChI=1S/C25H23ClN2O3S/c1-16(29)19-8-12-21(13-9-19)28-25(31)17(2)32-23-5-3-4-22(15-23)27-24(30)14-18-6-10-20(26)11-7-18/h3-13,15,17H,14H2,1-2H3,(H,27,30)(H,28,31). The van der Waals surface area contributed by atoms with Crippen LogP contribution < -0.4 is 10.6 Å². The van der Waals surface area contributed by atoms with Crippen LogP contribution in [0.25, 0.3) is 0 Å². The van der Waals surface area contributed by atoms with Gasteiger partial charge < -0.3 is 10.6 Å². The topological polar surface area (TPSA) is 75.3 Å². The second-order valence-electron chi connectivity index (χ2n) is 7.26. The fourth-order valence-corrected chi connectivity index (χ4v) is 3.98. The smallest absolute Gasteiger partial charge is 0.237 e. The molecule has 0 bridgehead atoms. The van der Waals surface area contributed by atoms with Crippen LogP contribution in [0.1, 0.15) is 29.8 Å². The quantitative estimate of drug-likeness (QED) is 0.323. The Morgan fingerprint density at radius 2 is 1.59 bits per heavy atom. The van der Waals surface area contributed by atoms with Crippen molar-refractivity contribution in [1.29, 1.82) is 0 Å². The van der Waals surface area contributed by atoms with Crippen molar-refractivity contribution < 1.29 is 14.4 Å². The van der Waals surface area contributed by atoms with Crippen molar-refractivity contribution in [2.45, 2.75) is 30.4 Å². The van der Waals surface area contributed by atoms with E-state index in [1.807, 2.05) is 43.3 Å². The molecule has 0 saturated heterocycles. The first-order valence-electron chi connectivity index (χ1n) is 10.0. The SMILES string of the molecule is CC(=O)c1ccc(NC(=O)C(C)Sc2cccc(NC(=O)Cc3ccc(Cl)cc3)c2)cc1. The summed E-state index contributed by atoms with van der Waals surface area (Å²) in [6.07, 6.45) is 0.246. The Balaban J connectivity index is 1.55. The van der Waals surface area contributed by atoms with E-state index in [1.165, 1.54) is 18.7 Å². The number of benzene rings is 3. The molecule has 0 fully saturated rings. The Labute approximate surface area is 196 Å². The normalized spacial score (nSPS) is 11.5. The predicted octanol–water partition coefficient (Wildman–Crippen LogP) is 5.84. The number of Topliss-reactive ketones (excluding diaryl/α,β-unsaturated/α-hetero) is 1. The third-order valence-electron chi connectivity index (χ3n) is 4.64. The molecule has 0 aliphatic heterocycles. The van der Waals surface area contributed by atoms with E-state index in [2.05, 4.69) is 10.6 Å². The minimum absolute atomic E-state index is 0.0214. The molecule has 0 aliphatic carbocycles. The Morgan fingerprint density at radius 1 is 0.906 bits per heavy atom. The Bertz CT molecular complexity index is 1110. The summed E-state index contributed by atoms with van der Waals surface area (Å²) in [6, 6.07) is 21.3. The minimum Gasteiger partial charge on any atom is -0.326 e. The average Bonchev–Trinajstić information content (AvgIpc) is 2.76. The van der Waals surface area contributed by atoms with Gasteiger partial charge in [-0.05, 0) is 74.0 Å². The summed E-state index contributed by atoms with van der Waals surface area (Å²) < 4.78 is 0. The van der Waals surface area contributed by atoms with Crippen molar-refractivity contribution in [3.63, 3.8) is 0 Å². The van der Waals surface area contributed by atoms with E-state index >= 15 is 0 Å². The molecule has 0 aromatic heterocycles. The van der Waals surface area contributed by atoms with Crippen molar-refractivity contribution in [1.82, 2.24) is 0 Å². The molecule has 0 radical (unpaired) electrons. The van der Waals surface area contributed by atoms with Gasteiger partial charge in [0.15, 0.2) is 5.78 Å². The maximum atomic E-state index is 12.5. The molecule has 0 saturated carbocycles. The van der Waals surface area contributed by atoms with Crippen molar-refractivity contribution in [3.8, 4) is 0 Å². The molecule has 3 aromatic rings. The molecule has 3 aromatic carbocycles. The van der Waals surface area contributed by atoms with Crippen LogP contribution in [-0.4, -0.2) is 22.8 Å². The van der Waals surface area contributed by atoms with Gasteiger partial charge in [-0.15, -0.1) is 11.8 Å². The summed E-state index contributed by atoms with van der Waals surface area (Å²) in [5.74, 6) is -0.302. The third kappa shape index (κ3) is 6.97. The van der Waals surface area contributed by atoms with Crippen LogP contribution in [0.3, 0.4) is 0 Å². The summed E-state index contributed by atoms with van der Waals surface area (Å²) in [6.45, 7) is 3.32. The van der Waals surface area contributed by atoms with Crippen molar-refractivity contribution >= 4 is 52.3 Å². The molecular formula is C25H23ClN2O3S.